The molecule has 0 aliphatic rings. The van der Waals surface area contributed by atoms with E-state index in [9.17, 15) is 9.50 Å². The van der Waals surface area contributed by atoms with Crippen molar-refractivity contribution in [2.24, 2.45) is 0 Å². The molecule has 5 N–H and O–H groups in total. The van der Waals surface area contributed by atoms with Crippen molar-refractivity contribution < 1.29 is 9.50 Å². The molecule has 0 aliphatic carbocycles. The Morgan fingerprint density at radius 1 is 0.977 bits per heavy atom. The van der Waals surface area contributed by atoms with Crippen molar-refractivity contribution in [3.63, 3.8) is 0 Å². The molecule has 4 aromatic heterocycles. The smallest absolute Gasteiger partial charge is 0.135 e. The summed E-state index contributed by atoms with van der Waals surface area (Å²) < 4.78 is 14.7. The van der Waals surface area contributed by atoms with Crippen molar-refractivity contribution in [1.82, 2.24) is 30.0 Å². The van der Waals surface area contributed by atoms with E-state index in [1.165, 1.54) is 6.07 Å². The number of aromatic nitrogens is 5. The average molecular weight is 579 g/mol. The van der Waals surface area contributed by atoms with Gasteiger partial charge in [0.1, 0.15) is 23.3 Å². The Balaban J connectivity index is 1.34. The number of anilines is 2. The van der Waals surface area contributed by atoms with Crippen LogP contribution >= 0.6 is 0 Å². The van der Waals surface area contributed by atoms with Gasteiger partial charge in [0, 0.05) is 41.4 Å². The van der Waals surface area contributed by atoms with Gasteiger partial charge in [0.15, 0.2) is 0 Å². The van der Waals surface area contributed by atoms with Crippen molar-refractivity contribution >= 4 is 33.3 Å². The van der Waals surface area contributed by atoms with Crippen LogP contribution in [0.2, 0.25) is 0 Å². The van der Waals surface area contributed by atoms with Gasteiger partial charge in [0.2, 0.25) is 0 Å². The molecule has 0 aliphatic heterocycles. The highest BCUT2D eigenvalue weighted by molar-refractivity contribution is 6.00. The SMILES string of the molecule is CCCC(O)Nc1cncc(-c2ccc3[nH]nc(-c4cc5c(-c6cc(F)cc(NCCN(C)C)c6)cccc5[nH]4)c3n2)c1. The lowest BCUT2D eigenvalue weighted by Crippen LogP contribution is -2.20. The molecule has 0 saturated heterocycles. The summed E-state index contributed by atoms with van der Waals surface area (Å²) in [6.45, 7) is 3.59. The van der Waals surface area contributed by atoms with E-state index >= 15 is 0 Å². The van der Waals surface area contributed by atoms with Crippen LogP contribution in [-0.2, 0) is 0 Å². The average Bonchev–Trinajstić information content (AvgIpc) is 3.60. The molecule has 2 aromatic carbocycles. The zero-order valence-corrected chi connectivity index (χ0v) is 24.4. The fourth-order valence-electron chi connectivity index (χ4n) is 5.25. The summed E-state index contributed by atoms with van der Waals surface area (Å²) in [5, 5.41) is 25.2. The molecule has 1 unspecified atom stereocenters. The number of rotatable bonds is 11. The maximum atomic E-state index is 14.7. The number of aliphatic hydroxyl groups is 1. The van der Waals surface area contributed by atoms with Gasteiger partial charge in [-0.2, -0.15) is 5.10 Å². The van der Waals surface area contributed by atoms with Crippen molar-refractivity contribution in [2.45, 2.75) is 26.0 Å². The van der Waals surface area contributed by atoms with Crippen LogP contribution in [0.3, 0.4) is 0 Å². The summed E-state index contributed by atoms with van der Waals surface area (Å²) in [5.41, 5.74) is 8.66. The number of nitrogens with zero attached hydrogens (tertiary/aromatic N) is 4. The number of aliphatic hydroxyl groups excluding tert-OH is 1. The topological polar surface area (TPSA) is 118 Å². The zero-order valence-electron chi connectivity index (χ0n) is 24.4. The maximum Gasteiger partial charge on any atom is 0.135 e. The Morgan fingerprint density at radius 2 is 1.84 bits per heavy atom. The molecule has 0 fully saturated rings. The van der Waals surface area contributed by atoms with Gasteiger partial charge < -0.3 is 25.6 Å². The van der Waals surface area contributed by atoms with Gasteiger partial charge in [-0.3, -0.25) is 10.1 Å². The zero-order chi connectivity index (χ0) is 29.9. The summed E-state index contributed by atoms with van der Waals surface area (Å²) in [6, 6.07) is 18.9. The third kappa shape index (κ3) is 6.20. The van der Waals surface area contributed by atoms with Crippen molar-refractivity contribution in [3.8, 4) is 33.8 Å². The van der Waals surface area contributed by atoms with Crippen molar-refractivity contribution in [3.05, 3.63) is 78.9 Å². The minimum Gasteiger partial charge on any atom is -0.384 e. The minimum absolute atomic E-state index is 0.290. The molecule has 0 bridgehead atoms. The Hall–Kier alpha value is -4.80. The van der Waals surface area contributed by atoms with E-state index in [2.05, 4.69) is 35.7 Å². The first-order chi connectivity index (χ1) is 20.9. The van der Waals surface area contributed by atoms with Gasteiger partial charge in [-0.1, -0.05) is 25.5 Å². The van der Waals surface area contributed by atoms with E-state index < -0.39 is 6.23 Å². The lowest BCUT2D eigenvalue weighted by molar-refractivity contribution is 0.192. The number of hydrogen-bond donors (Lipinski definition) is 5. The monoisotopic (exact) mass is 578 g/mol. The predicted octanol–water partition coefficient (Wildman–Crippen LogP) is 6.48. The fraction of sp³-hybridized carbons (Fsp3) is 0.242. The van der Waals surface area contributed by atoms with Crippen LogP contribution in [0.25, 0.3) is 55.7 Å². The second kappa shape index (κ2) is 12.2. The number of hydrogen-bond acceptors (Lipinski definition) is 7. The Morgan fingerprint density at radius 3 is 2.67 bits per heavy atom. The number of likely N-dealkylation sites (N-methyl/N-ethyl adjacent to an activating group) is 1. The van der Waals surface area contributed by atoms with Gasteiger partial charge >= 0.3 is 0 Å². The van der Waals surface area contributed by atoms with Gasteiger partial charge in [-0.15, -0.1) is 0 Å². The highest BCUT2D eigenvalue weighted by Crippen LogP contribution is 2.35. The van der Waals surface area contributed by atoms with Gasteiger partial charge in [0.25, 0.3) is 0 Å². The molecule has 0 spiro atoms. The van der Waals surface area contributed by atoms with Gasteiger partial charge in [0.05, 0.1) is 28.8 Å². The molecule has 4 heterocycles. The second-order valence-corrected chi connectivity index (χ2v) is 11.0. The fourth-order valence-corrected chi connectivity index (χ4v) is 5.25. The molecule has 1 atom stereocenters. The third-order valence-corrected chi connectivity index (χ3v) is 7.35. The highest BCUT2D eigenvalue weighted by Gasteiger charge is 2.16. The largest absolute Gasteiger partial charge is 0.384 e. The lowest BCUT2D eigenvalue weighted by atomic mass is 10.0. The Bertz CT molecular complexity index is 1880. The normalized spacial score (nSPS) is 12.3. The third-order valence-electron chi connectivity index (χ3n) is 7.35. The molecule has 10 heteroatoms. The van der Waals surface area contributed by atoms with Crippen LogP contribution in [0.1, 0.15) is 19.8 Å². The molecule has 0 amide bonds. The minimum atomic E-state index is -0.636. The number of pyridine rings is 2. The second-order valence-electron chi connectivity index (χ2n) is 11.0. The van der Waals surface area contributed by atoms with E-state index in [4.69, 9.17) is 4.98 Å². The summed E-state index contributed by atoms with van der Waals surface area (Å²) in [6.07, 6.45) is 4.32. The first-order valence-electron chi connectivity index (χ1n) is 14.4. The molecule has 0 radical (unpaired) electrons. The molecule has 220 valence electrons. The quantitative estimate of drug-likeness (QED) is 0.112. The number of fused-ring (bicyclic) bond motifs is 2. The summed E-state index contributed by atoms with van der Waals surface area (Å²) in [5.74, 6) is -0.290. The number of nitrogens with one attached hydrogen (secondary N) is 4. The molecule has 43 heavy (non-hydrogen) atoms. The van der Waals surface area contributed by atoms with Crippen LogP contribution in [0.15, 0.2) is 73.1 Å². The predicted molar refractivity (Wildman–Crippen MR) is 171 cm³/mol. The Labute approximate surface area is 249 Å². The van der Waals surface area contributed by atoms with E-state index in [-0.39, 0.29) is 5.82 Å². The van der Waals surface area contributed by atoms with Crippen LogP contribution < -0.4 is 10.6 Å². The van der Waals surface area contributed by atoms with E-state index in [0.717, 1.165) is 68.8 Å². The molecule has 6 aromatic rings. The molecular weight excluding hydrogens is 543 g/mol. The van der Waals surface area contributed by atoms with E-state index in [1.54, 1.807) is 18.5 Å². The molecule has 6 rings (SSSR count). The van der Waals surface area contributed by atoms with Crippen LogP contribution in [-0.4, -0.2) is 68.6 Å². The van der Waals surface area contributed by atoms with Gasteiger partial charge in [-0.25, -0.2) is 9.37 Å². The first kappa shape index (κ1) is 28.3. The van der Waals surface area contributed by atoms with E-state index in [0.29, 0.717) is 24.2 Å². The van der Waals surface area contributed by atoms with Crippen LogP contribution in [0, 0.1) is 5.82 Å². The summed E-state index contributed by atoms with van der Waals surface area (Å²) in [4.78, 5) is 14.9. The molecular formula is C33H35FN8O. The standard InChI is InChI=1S/C33H35FN8O/c1-4-6-31(43)37-24-15-21(18-35-19-24)27-9-10-29-32(39-27)33(41-40-29)30-17-26-25(7-5-8-28(26)38-30)20-13-22(34)16-23(14-20)36-11-12-42(2)3/h5,7-10,13-19,31,36-38,43H,4,6,11-12H2,1-3H3,(H,40,41). The number of aromatic amines is 2. The van der Waals surface area contributed by atoms with Gasteiger partial charge in [-0.05, 0) is 80.2 Å². The maximum absolute atomic E-state index is 14.7. The highest BCUT2D eigenvalue weighted by atomic mass is 19.1. The lowest BCUT2D eigenvalue weighted by Gasteiger charge is -2.13. The van der Waals surface area contributed by atoms with Crippen LogP contribution in [0.4, 0.5) is 15.8 Å². The van der Waals surface area contributed by atoms with Crippen molar-refractivity contribution in [1.29, 1.82) is 0 Å². The van der Waals surface area contributed by atoms with E-state index in [1.807, 2.05) is 69.6 Å². The van der Waals surface area contributed by atoms with Crippen LogP contribution in [0.5, 0.6) is 0 Å². The summed E-state index contributed by atoms with van der Waals surface area (Å²) in [7, 11) is 4.02. The van der Waals surface area contributed by atoms with Crippen molar-refractivity contribution in [2.75, 3.05) is 37.8 Å². The Kier molecular flexibility index (Phi) is 8.04. The number of benzene rings is 2. The first-order valence-corrected chi connectivity index (χ1v) is 14.4. The number of halogens is 1. The molecule has 9 nitrogen and oxygen atoms in total. The summed E-state index contributed by atoms with van der Waals surface area (Å²) >= 11 is 0. The number of H-pyrrole nitrogens is 2. The molecule has 0 saturated carbocycles.